The Hall–Kier alpha value is -2.25. The van der Waals surface area contributed by atoms with Gasteiger partial charge in [-0.05, 0) is 62.2 Å². The number of hydrogen-bond acceptors (Lipinski definition) is 4. The molecule has 0 unspecified atom stereocenters. The molecule has 0 fully saturated rings. The van der Waals surface area contributed by atoms with E-state index < -0.39 is 22.0 Å². The van der Waals surface area contributed by atoms with Crippen LogP contribution in [0.25, 0.3) is 0 Å². The normalized spacial score (nSPS) is 12.4. The summed E-state index contributed by atoms with van der Waals surface area (Å²) in [6, 6.07) is 9.10. The summed E-state index contributed by atoms with van der Waals surface area (Å²) in [5.74, 6) is -0.0308. The van der Waals surface area contributed by atoms with Gasteiger partial charge in [-0.3, -0.25) is 9.10 Å². The number of sulfonamides is 1. The number of nitrogens with zero attached hydrogens (tertiary/aromatic N) is 1. The second-order valence-corrected chi connectivity index (χ2v) is 8.61. The first kappa shape index (κ1) is 21.1. The van der Waals surface area contributed by atoms with Gasteiger partial charge in [0.25, 0.3) is 0 Å². The third-order valence-corrected chi connectivity index (χ3v) is 5.79. The van der Waals surface area contributed by atoms with E-state index >= 15 is 0 Å². The molecule has 2 aromatic rings. The highest BCUT2D eigenvalue weighted by Gasteiger charge is 2.29. The van der Waals surface area contributed by atoms with Gasteiger partial charge in [0.2, 0.25) is 15.9 Å². The highest BCUT2D eigenvalue weighted by Crippen LogP contribution is 2.31. The smallest absolute Gasteiger partial charge is 0.247 e. The molecule has 0 radical (unpaired) electrons. The van der Waals surface area contributed by atoms with E-state index in [1.807, 2.05) is 26.0 Å². The predicted molar refractivity (Wildman–Crippen MR) is 109 cm³/mol. The zero-order valence-corrected chi connectivity index (χ0v) is 17.5. The van der Waals surface area contributed by atoms with E-state index in [-0.39, 0.29) is 10.7 Å². The molecule has 0 aliphatic heterocycles. The van der Waals surface area contributed by atoms with E-state index in [9.17, 15) is 13.2 Å². The second kappa shape index (κ2) is 8.19. The van der Waals surface area contributed by atoms with Gasteiger partial charge in [-0.15, -0.1) is 0 Å². The molecule has 2 rings (SSSR count). The number of halogens is 1. The lowest BCUT2D eigenvalue weighted by atomic mass is 10.1. The highest BCUT2D eigenvalue weighted by molar-refractivity contribution is 7.92. The van der Waals surface area contributed by atoms with Crippen LogP contribution < -0.4 is 14.4 Å². The summed E-state index contributed by atoms with van der Waals surface area (Å²) >= 11 is 6.12. The number of methoxy groups -OCH3 is 1. The van der Waals surface area contributed by atoms with Crippen LogP contribution in [0.4, 0.5) is 11.4 Å². The van der Waals surface area contributed by atoms with Gasteiger partial charge in [-0.25, -0.2) is 8.42 Å². The maximum Gasteiger partial charge on any atom is 0.247 e. The van der Waals surface area contributed by atoms with E-state index in [1.165, 1.54) is 20.1 Å². The first-order valence-corrected chi connectivity index (χ1v) is 10.5. The number of carbonyl (C=O) groups excluding carboxylic acids is 1. The van der Waals surface area contributed by atoms with Crippen LogP contribution in [-0.2, 0) is 14.8 Å². The number of anilines is 2. The quantitative estimate of drug-likeness (QED) is 0.786. The molecule has 2 aromatic carbocycles. The Morgan fingerprint density at radius 2 is 1.81 bits per heavy atom. The lowest BCUT2D eigenvalue weighted by Gasteiger charge is -2.28. The molecule has 1 N–H and O–H groups in total. The molecule has 0 aliphatic rings. The molecule has 0 saturated carbocycles. The molecule has 1 atom stereocenters. The highest BCUT2D eigenvalue weighted by atomic mass is 35.5. The average molecular weight is 411 g/mol. The number of hydrogen-bond donors (Lipinski definition) is 1. The Labute approximate surface area is 165 Å². The fourth-order valence-electron chi connectivity index (χ4n) is 2.67. The molecule has 0 bridgehead atoms. The van der Waals surface area contributed by atoms with Gasteiger partial charge < -0.3 is 10.1 Å². The van der Waals surface area contributed by atoms with Gasteiger partial charge in [0.1, 0.15) is 11.8 Å². The van der Waals surface area contributed by atoms with Crippen LogP contribution in [0.5, 0.6) is 5.75 Å². The molecular weight excluding hydrogens is 388 g/mol. The van der Waals surface area contributed by atoms with E-state index in [0.717, 1.165) is 21.7 Å². The van der Waals surface area contributed by atoms with Crippen molar-refractivity contribution in [1.29, 1.82) is 0 Å². The molecular formula is C19H23ClN2O4S. The third kappa shape index (κ3) is 4.93. The van der Waals surface area contributed by atoms with Crippen LogP contribution in [0.2, 0.25) is 5.02 Å². The predicted octanol–water partition coefficient (Wildman–Crippen LogP) is 3.76. The molecule has 6 nitrogen and oxygen atoms in total. The summed E-state index contributed by atoms with van der Waals surface area (Å²) in [6.07, 6.45) is 1.05. The minimum absolute atomic E-state index is 0.255. The standard InChI is InChI=1S/C19H23ClN2O4S/c1-12-6-7-15(10-13(12)2)21-19(23)14(3)22(27(5,24)25)16-8-9-18(26-4)17(20)11-16/h6-11,14H,1-5H3,(H,21,23)/t14-/m1/s1. The topological polar surface area (TPSA) is 75.7 Å². The zero-order chi connectivity index (χ0) is 20.4. The van der Waals surface area contributed by atoms with Gasteiger partial charge in [0, 0.05) is 5.69 Å². The molecule has 146 valence electrons. The van der Waals surface area contributed by atoms with Crippen LogP contribution in [0.15, 0.2) is 36.4 Å². The van der Waals surface area contributed by atoms with Crippen LogP contribution in [-0.4, -0.2) is 33.7 Å². The number of rotatable bonds is 6. The monoisotopic (exact) mass is 410 g/mol. The van der Waals surface area contributed by atoms with E-state index in [0.29, 0.717) is 11.4 Å². The first-order chi connectivity index (χ1) is 12.5. The number of amides is 1. The molecule has 0 heterocycles. The van der Waals surface area contributed by atoms with Crippen LogP contribution in [0.3, 0.4) is 0 Å². The number of nitrogens with one attached hydrogen (secondary N) is 1. The fourth-order valence-corrected chi connectivity index (χ4v) is 4.09. The van der Waals surface area contributed by atoms with Crippen molar-refractivity contribution in [1.82, 2.24) is 0 Å². The minimum atomic E-state index is -3.73. The van der Waals surface area contributed by atoms with E-state index in [2.05, 4.69) is 5.32 Å². The van der Waals surface area contributed by atoms with Crippen molar-refractivity contribution in [3.63, 3.8) is 0 Å². The lowest BCUT2D eigenvalue weighted by Crippen LogP contribution is -2.45. The molecule has 8 heteroatoms. The fraction of sp³-hybridized carbons (Fsp3) is 0.316. The van der Waals surface area contributed by atoms with Gasteiger partial charge in [-0.1, -0.05) is 17.7 Å². The van der Waals surface area contributed by atoms with Crippen LogP contribution in [0, 0.1) is 13.8 Å². The Morgan fingerprint density at radius 3 is 2.33 bits per heavy atom. The van der Waals surface area contributed by atoms with Gasteiger partial charge in [0.15, 0.2) is 0 Å². The zero-order valence-electron chi connectivity index (χ0n) is 15.9. The third-order valence-electron chi connectivity index (χ3n) is 4.25. The Bertz CT molecular complexity index is 960. The number of aryl methyl sites for hydroxylation is 2. The largest absolute Gasteiger partial charge is 0.495 e. The summed E-state index contributed by atoms with van der Waals surface area (Å²) in [5, 5.41) is 3.02. The number of benzene rings is 2. The maximum absolute atomic E-state index is 12.7. The number of carbonyl (C=O) groups is 1. The van der Waals surface area contributed by atoms with Crippen LogP contribution >= 0.6 is 11.6 Å². The van der Waals surface area contributed by atoms with Gasteiger partial charge in [0.05, 0.1) is 24.1 Å². The summed E-state index contributed by atoms with van der Waals surface area (Å²) in [4.78, 5) is 12.7. The SMILES string of the molecule is COc1ccc(N([C@H](C)C(=O)Nc2ccc(C)c(C)c2)S(C)(=O)=O)cc1Cl. The first-order valence-electron chi connectivity index (χ1n) is 8.25. The van der Waals surface area contributed by atoms with E-state index in [4.69, 9.17) is 16.3 Å². The molecule has 0 saturated heterocycles. The van der Waals surface area contributed by atoms with Gasteiger partial charge in [-0.2, -0.15) is 0 Å². The average Bonchev–Trinajstić information content (AvgIpc) is 2.57. The molecule has 0 aromatic heterocycles. The second-order valence-electron chi connectivity index (χ2n) is 6.34. The lowest BCUT2D eigenvalue weighted by molar-refractivity contribution is -0.116. The van der Waals surface area contributed by atoms with E-state index in [1.54, 1.807) is 18.2 Å². The minimum Gasteiger partial charge on any atom is -0.495 e. The maximum atomic E-state index is 12.7. The van der Waals surface area contributed by atoms with Crippen molar-refractivity contribution in [2.45, 2.75) is 26.8 Å². The van der Waals surface area contributed by atoms with Crippen molar-refractivity contribution in [2.75, 3.05) is 23.0 Å². The Kier molecular flexibility index (Phi) is 6.38. The van der Waals surface area contributed by atoms with Crippen molar-refractivity contribution < 1.29 is 17.9 Å². The Morgan fingerprint density at radius 1 is 1.15 bits per heavy atom. The summed E-state index contributed by atoms with van der Waals surface area (Å²) in [7, 11) is -2.27. The van der Waals surface area contributed by atoms with Gasteiger partial charge >= 0.3 is 0 Å². The summed E-state index contributed by atoms with van der Waals surface area (Å²) < 4.78 is 30.9. The Balaban J connectivity index is 2.34. The molecule has 1 amide bonds. The van der Waals surface area contributed by atoms with Crippen molar-refractivity contribution >= 4 is 38.9 Å². The molecule has 27 heavy (non-hydrogen) atoms. The van der Waals surface area contributed by atoms with Crippen molar-refractivity contribution in [2.24, 2.45) is 0 Å². The summed E-state index contributed by atoms with van der Waals surface area (Å²) in [6.45, 7) is 5.44. The molecule has 0 spiro atoms. The number of ether oxygens (including phenoxy) is 1. The summed E-state index contributed by atoms with van der Waals surface area (Å²) in [5.41, 5.74) is 3.02. The van der Waals surface area contributed by atoms with Crippen molar-refractivity contribution in [3.05, 3.63) is 52.5 Å². The van der Waals surface area contributed by atoms with Crippen molar-refractivity contribution in [3.8, 4) is 5.75 Å². The van der Waals surface area contributed by atoms with Crippen LogP contribution in [0.1, 0.15) is 18.1 Å². The molecule has 0 aliphatic carbocycles.